The van der Waals surface area contributed by atoms with Gasteiger partial charge in [0, 0.05) is 34.9 Å². The number of hydrogen-bond donors (Lipinski definition) is 2. The van der Waals surface area contributed by atoms with Gasteiger partial charge in [0.15, 0.2) is 11.5 Å². The number of carbonyl (C=O) groups excluding carboxylic acids is 1. The standard InChI is InChI=1S/C26H23FN6O/c1-14(2)30-26(34)21-13-33-23(17-6-9-20-19(12-17)15(3)10-11-29-20)22(32-24(28)25(33)31-21)16-4-7-18(27)8-5-16/h4-14H,1-3H3,(H2,28,32)(H,30,34). The highest BCUT2D eigenvalue weighted by molar-refractivity contribution is 5.95. The number of carbonyl (C=O) groups is 1. The van der Waals surface area contributed by atoms with Gasteiger partial charge in [0.05, 0.1) is 16.9 Å². The van der Waals surface area contributed by atoms with Gasteiger partial charge in [0.25, 0.3) is 5.91 Å². The van der Waals surface area contributed by atoms with Gasteiger partial charge in [0.1, 0.15) is 11.5 Å². The third-order valence-corrected chi connectivity index (χ3v) is 5.64. The van der Waals surface area contributed by atoms with Crippen molar-refractivity contribution in [3.63, 3.8) is 0 Å². The molecule has 0 saturated heterocycles. The number of fused-ring (bicyclic) bond motifs is 2. The van der Waals surface area contributed by atoms with Gasteiger partial charge in [-0.15, -0.1) is 0 Å². The van der Waals surface area contributed by atoms with Crippen LogP contribution < -0.4 is 11.1 Å². The van der Waals surface area contributed by atoms with Crippen LogP contribution in [0.3, 0.4) is 0 Å². The molecular formula is C26H23FN6O. The number of hydrogen-bond acceptors (Lipinski definition) is 5. The second kappa shape index (κ2) is 8.22. The molecule has 0 atom stereocenters. The second-order valence-corrected chi connectivity index (χ2v) is 8.51. The molecule has 3 N–H and O–H groups in total. The number of nitrogens with one attached hydrogen (secondary N) is 1. The van der Waals surface area contributed by atoms with Crippen LogP contribution in [0.2, 0.25) is 0 Å². The van der Waals surface area contributed by atoms with Crippen LogP contribution in [-0.4, -0.2) is 31.3 Å². The predicted molar refractivity (Wildman–Crippen MR) is 131 cm³/mol. The number of nitrogens with two attached hydrogens (primary N) is 1. The fourth-order valence-electron chi connectivity index (χ4n) is 4.03. The summed E-state index contributed by atoms with van der Waals surface area (Å²) in [5.41, 5.74) is 11.6. The van der Waals surface area contributed by atoms with E-state index in [0.717, 1.165) is 22.0 Å². The van der Waals surface area contributed by atoms with Crippen molar-refractivity contribution in [1.82, 2.24) is 24.7 Å². The van der Waals surface area contributed by atoms with Crippen molar-refractivity contribution >= 4 is 28.3 Å². The first kappa shape index (κ1) is 21.5. The van der Waals surface area contributed by atoms with Crippen LogP contribution in [0.25, 0.3) is 39.1 Å². The van der Waals surface area contributed by atoms with Crippen molar-refractivity contribution in [1.29, 1.82) is 0 Å². The van der Waals surface area contributed by atoms with Gasteiger partial charge in [-0.05, 0) is 68.8 Å². The van der Waals surface area contributed by atoms with Crippen molar-refractivity contribution in [2.75, 3.05) is 5.73 Å². The molecule has 0 unspecified atom stereocenters. The Bertz CT molecular complexity index is 1560. The summed E-state index contributed by atoms with van der Waals surface area (Å²) in [6, 6.07) is 13.9. The predicted octanol–water partition coefficient (Wildman–Crippen LogP) is 4.78. The zero-order valence-electron chi connectivity index (χ0n) is 19.0. The first-order valence-electron chi connectivity index (χ1n) is 10.9. The van der Waals surface area contributed by atoms with Crippen LogP contribution in [-0.2, 0) is 0 Å². The van der Waals surface area contributed by atoms with E-state index in [-0.39, 0.29) is 29.3 Å². The quantitative estimate of drug-likeness (QED) is 0.407. The lowest BCUT2D eigenvalue weighted by Gasteiger charge is -2.14. The van der Waals surface area contributed by atoms with Crippen LogP contribution in [0.1, 0.15) is 29.9 Å². The first-order valence-corrected chi connectivity index (χ1v) is 10.9. The maximum atomic E-state index is 13.7. The van der Waals surface area contributed by atoms with Gasteiger partial charge in [-0.3, -0.25) is 14.2 Å². The molecule has 0 radical (unpaired) electrons. The summed E-state index contributed by atoms with van der Waals surface area (Å²) < 4.78 is 15.4. The Balaban J connectivity index is 1.82. The lowest BCUT2D eigenvalue weighted by Crippen LogP contribution is -2.30. The number of aryl methyl sites for hydroxylation is 1. The average Bonchev–Trinajstić information content (AvgIpc) is 3.26. The Kier molecular flexibility index (Phi) is 5.20. The van der Waals surface area contributed by atoms with Gasteiger partial charge in [-0.2, -0.15) is 0 Å². The molecule has 0 aliphatic carbocycles. The Morgan fingerprint density at radius 2 is 1.79 bits per heavy atom. The molecule has 5 rings (SSSR count). The maximum absolute atomic E-state index is 13.7. The normalized spacial score (nSPS) is 11.4. The third kappa shape index (κ3) is 3.73. The highest BCUT2D eigenvalue weighted by atomic mass is 19.1. The van der Waals surface area contributed by atoms with Gasteiger partial charge in [-0.1, -0.05) is 6.07 Å². The number of nitrogens with zero attached hydrogens (tertiary/aromatic N) is 4. The molecule has 1 amide bonds. The van der Waals surface area contributed by atoms with E-state index < -0.39 is 0 Å². The van der Waals surface area contributed by atoms with E-state index in [1.165, 1.54) is 12.1 Å². The lowest BCUT2D eigenvalue weighted by molar-refractivity contribution is 0.0938. The largest absolute Gasteiger partial charge is 0.381 e. The third-order valence-electron chi connectivity index (χ3n) is 5.64. The number of pyridine rings is 1. The second-order valence-electron chi connectivity index (χ2n) is 8.51. The summed E-state index contributed by atoms with van der Waals surface area (Å²) in [7, 11) is 0. The Morgan fingerprint density at radius 1 is 1.06 bits per heavy atom. The van der Waals surface area contributed by atoms with E-state index in [2.05, 4.69) is 20.3 Å². The van der Waals surface area contributed by atoms with Crippen molar-refractivity contribution < 1.29 is 9.18 Å². The summed E-state index contributed by atoms with van der Waals surface area (Å²) in [6.07, 6.45) is 3.44. The summed E-state index contributed by atoms with van der Waals surface area (Å²) in [5, 5.41) is 3.85. The van der Waals surface area contributed by atoms with Crippen molar-refractivity contribution in [3.8, 4) is 22.5 Å². The van der Waals surface area contributed by atoms with Crippen molar-refractivity contribution in [2.24, 2.45) is 0 Å². The Morgan fingerprint density at radius 3 is 2.53 bits per heavy atom. The van der Waals surface area contributed by atoms with E-state index in [0.29, 0.717) is 22.6 Å². The van der Waals surface area contributed by atoms with E-state index in [1.807, 2.05) is 45.0 Å². The number of benzene rings is 2. The molecule has 0 bridgehead atoms. The molecule has 3 aromatic heterocycles. The molecule has 7 nitrogen and oxygen atoms in total. The number of amides is 1. The topological polar surface area (TPSA) is 98.2 Å². The highest BCUT2D eigenvalue weighted by Gasteiger charge is 2.21. The fraction of sp³-hybridized carbons (Fsp3) is 0.154. The number of anilines is 1. The SMILES string of the molecule is Cc1ccnc2ccc(-c3c(-c4ccc(F)cc4)nc(N)c4nc(C(=O)NC(C)C)cn34)cc12. The lowest BCUT2D eigenvalue weighted by atomic mass is 10.0. The maximum Gasteiger partial charge on any atom is 0.271 e. The monoisotopic (exact) mass is 454 g/mol. The van der Waals surface area contributed by atoms with Crippen LogP contribution in [0.5, 0.6) is 0 Å². The number of aromatic nitrogens is 4. The molecule has 0 spiro atoms. The molecule has 5 aromatic rings. The van der Waals surface area contributed by atoms with Gasteiger partial charge < -0.3 is 11.1 Å². The average molecular weight is 455 g/mol. The summed E-state index contributed by atoms with van der Waals surface area (Å²) >= 11 is 0. The molecule has 2 aromatic carbocycles. The molecule has 0 aliphatic heterocycles. The van der Waals surface area contributed by atoms with Crippen LogP contribution in [0.15, 0.2) is 60.9 Å². The fourth-order valence-corrected chi connectivity index (χ4v) is 4.03. The smallest absolute Gasteiger partial charge is 0.271 e. The van der Waals surface area contributed by atoms with E-state index in [4.69, 9.17) is 5.73 Å². The number of rotatable bonds is 4. The molecule has 0 aliphatic rings. The number of imidazole rings is 1. The Hall–Kier alpha value is -4.33. The molecule has 0 fully saturated rings. The molecule has 0 saturated carbocycles. The van der Waals surface area contributed by atoms with Crippen LogP contribution >= 0.6 is 0 Å². The van der Waals surface area contributed by atoms with Gasteiger partial charge in [-0.25, -0.2) is 14.4 Å². The minimum absolute atomic E-state index is 0.0435. The molecule has 3 heterocycles. The number of nitrogen functional groups attached to an aromatic ring is 1. The van der Waals surface area contributed by atoms with E-state index in [9.17, 15) is 9.18 Å². The zero-order valence-corrected chi connectivity index (χ0v) is 19.0. The molecule has 34 heavy (non-hydrogen) atoms. The first-order chi connectivity index (χ1) is 16.3. The Labute approximate surface area is 195 Å². The zero-order chi connectivity index (χ0) is 24.0. The van der Waals surface area contributed by atoms with Gasteiger partial charge >= 0.3 is 0 Å². The van der Waals surface area contributed by atoms with Crippen molar-refractivity contribution in [2.45, 2.75) is 26.8 Å². The summed E-state index contributed by atoms with van der Waals surface area (Å²) in [4.78, 5) is 26.3. The summed E-state index contributed by atoms with van der Waals surface area (Å²) in [6.45, 7) is 5.79. The van der Waals surface area contributed by atoms with E-state index >= 15 is 0 Å². The van der Waals surface area contributed by atoms with Gasteiger partial charge in [0.2, 0.25) is 0 Å². The molecule has 170 valence electrons. The molecular weight excluding hydrogens is 431 g/mol. The number of halogens is 1. The van der Waals surface area contributed by atoms with E-state index in [1.54, 1.807) is 28.9 Å². The van der Waals surface area contributed by atoms with Crippen LogP contribution in [0, 0.1) is 12.7 Å². The van der Waals surface area contributed by atoms with Crippen molar-refractivity contribution in [3.05, 3.63) is 78.0 Å². The minimum atomic E-state index is -0.345. The minimum Gasteiger partial charge on any atom is -0.381 e. The highest BCUT2D eigenvalue weighted by Crippen LogP contribution is 2.35. The molecule has 8 heteroatoms. The van der Waals surface area contributed by atoms with Crippen LogP contribution in [0.4, 0.5) is 10.2 Å². The summed E-state index contributed by atoms with van der Waals surface area (Å²) in [5.74, 6) is -0.474.